The van der Waals surface area contributed by atoms with E-state index < -0.39 is 9.58 Å². The molecule has 3 nitrogen and oxygen atoms in total. The normalized spacial score (nSPS) is 13.9. The Morgan fingerprint density at radius 3 is 2.56 bits per heavy atom. The first-order valence-electron chi connectivity index (χ1n) is 4.80. The van der Waals surface area contributed by atoms with E-state index in [-0.39, 0.29) is 6.04 Å². The van der Waals surface area contributed by atoms with Gasteiger partial charge in [0.1, 0.15) is 0 Å². The number of carbonyl (C=O) groups is 1. The van der Waals surface area contributed by atoms with Crippen molar-refractivity contribution in [1.82, 2.24) is 4.57 Å². The summed E-state index contributed by atoms with van der Waals surface area (Å²) in [4.78, 5) is 11.8. The number of Topliss-reactive ketones (excluding diaryl/α,β-unsaturated/α-hetero) is 1. The fourth-order valence-corrected chi connectivity index (χ4v) is 1.69. The van der Waals surface area contributed by atoms with Gasteiger partial charge in [-0.1, -0.05) is 41.7 Å². The van der Waals surface area contributed by atoms with Crippen LogP contribution in [0.5, 0.6) is 0 Å². The van der Waals surface area contributed by atoms with E-state index in [2.05, 4.69) is 0 Å². The van der Waals surface area contributed by atoms with Crippen molar-refractivity contribution in [3.8, 4) is 0 Å². The number of aryl methyl sites for hydroxylation is 1. The Morgan fingerprint density at radius 2 is 2.12 bits per heavy atom. The van der Waals surface area contributed by atoms with Gasteiger partial charge in [-0.15, -0.1) is 0 Å². The molecule has 0 radical (unpaired) electrons. The highest BCUT2D eigenvalue weighted by Gasteiger charge is 2.33. The largest absolute Gasteiger partial charge is 0.348 e. The van der Waals surface area contributed by atoms with Crippen LogP contribution < -0.4 is 5.73 Å². The Hall–Kier alpha value is -0.220. The van der Waals surface area contributed by atoms with Crippen LogP contribution in [0.4, 0.5) is 0 Å². The molecule has 6 heteroatoms. The Kier molecular flexibility index (Phi) is 4.29. The molecular weight excluding hydrogens is 270 g/mol. The summed E-state index contributed by atoms with van der Waals surface area (Å²) in [7, 11) is 1.72. The third kappa shape index (κ3) is 2.92. The maximum absolute atomic E-state index is 11.8. The summed E-state index contributed by atoms with van der Waals surface area (Å²) in [6, 6.07) is 1.56. The van der Waals surface area contributed by atoms with Crippen LogP contribution in [-0.2, 0) is 7.05 Å². The van der Waals surface area contributed by atoms with E-state index in [0.717, 1.165) is 12.0 Å². The predicted molar refractivity (Wildman–Crippen MR) is 67.3 cm³/mol. The summed E-state index contributed by atoms with van der Waals surface area (Å²) in [5.74, 6) is -0.547. The maximum atomic E-state index is 11.8. The van der Waals surface area contributed by atoms with Crippen molar-refractivity contribution in [2.45, 2.75) is 23.2 Å². The smallest absolute Gasteiger partial charge is 0.255 e. The van der Waals surface area contributed by atoms with Gasteiger partial charge in [-0.05, 0) is 18.1 Å². The van der Waals surface area contributed by atoms with Crippen molar-refractivity contribution in [2.24, 2.45) is 12.8 Å². The molecule has 0 aliphatic carbocycles. The van der Waals surface area contributed by atoms with Gasteiger partial charge in [-0.2, -0.15) is 0 Å². The Labute approximate surface area is 109 Å². The molecule has 0 spiro atoms. The molecule has 1 aromatic rings. The molecule has 1 rings (SSSR count). The number of nitrogens with two attached hydrogens (primary N) is 1. The summed E-state index contributed by atoms with van der Waals surface area (Å²) < 4.78 is -0.311. The van der Waals surface area contributed by atoms with Crippen molar-refractivity contribution in [2.75, 3.05) is 0 Å². The molecule has 0 aliphatic rings. The lowest BCUT2D eigenvalue weighted by atomic mass is 10.1. The standard InChI is InChI=1S/C10H13Cl3N2O/c1-3-7(14)6-4-8(15(2)5-6)9(16)10(11,12)13/h4-5,7H,3,14H2,1-2H3/t7-/m0/s1. The molecule has 16 heavy (non-hydrogen) atoms. The predicted octanol–water partition coefficient (Wildman–Crippen LogP) is 2.99. The molecular formula is C10H13Cl3N2O. The van der Waals surface area contributed by atoms with Crippen LogP contribution in [0.15, 0.2) is 12.3 Å². The third-order valence-electron chi connectivity index (χ3n) is 2.38. The molecule has 0 saturated heterocycles. The van der Waals surface area contributed by atoms with Gasteiger partial charge in [0.05, 0.1) is 5.69 Å². The quantitative estimate of drug-likeness (QED) is 0.685. The first kappa shape index (κ1) is 13.8. The topological polar surface area (TPSA) is 48.0 Å². The second-order valence-corrected chi connectivity index (χ2v) is 5.89. The number of carbonyl (C=O) groups excluding carboxylic acids is 1. The molecule has 0 unspecified atom stereocenters. The molecule has 0 saturated carbocycles. The van der Waals surface area contributed by atoms with E-state index in [0.29, 0.717) is 5.69 Å². The zero-order valence-corrected chi connectivity index (χ0v) is 11.3. The van der Waals surface area contributed by atoms with Gasteiger partial charge < -0.3 is 10.3 Å². The monoisotopic (exact) mass is 282 g/mol. The van der Waals surface area contributed by atoms with Gasteiger partial charge in [0.25, 0.3) is 3.79 Å². The highest BCUT2D eigenvalue weighted by molar-refractivity contribution is 6.77. The summed E-state index contributed by atoms with van der Waals surface area (Å²) in [5, 5.41) is 0. The second-order valence-electron chi connectivity index (χ2n) is 3.61. The average molecular weight is 284 g/mol. The van der Waals surface area contributed by atoms with E-state index in [9.17, 15) is 4.79 Å². The molecule has 0 aliphatic heterocycles. The maximum Gasteiger partial charge on any atom is 0.255 e. The van der Waals surface area contributed by atoms with Crippen molar-refractivity contribution in [1.29, 1.82) is 0 Å². The highest BCUT2D eigenvalue weighted by Crippen LogP contribution is 2.31. The summed E-state index contributed by atoms with van der Waals surface area (Å²) in [6.45, 7) is 1.97. The number of halogens is 3. The SMILES string of the molecule is CC[C@H](N)c1cc(C(=O)C(Cl)(Cl)Cl)n(C)c1. The molecule has 1 heterocycles. The van der Waals surface area contributed by atoms with Crippen LogP contribution in [0.2, 0.25) is 0 Å². The lowest BCUT2D eigenvalue weighted by Gasteiger charge is -2.09. The Morgan fingerprint density at radius 1 is 1.56 bits per heavy atom. The van der Waals surface area contributed by atoms with E-state index in [4.69, 9.17) is 40.5 Å². The third-order valence-corrected chi connectivity index (χ3v) is 2.90. The molecule has 90 valence electrons. The van der Waals surface area contributed by atoms with E-state index in [1.807, 2.05) is 6.92 Å². The van der Waals surface area contributed by atoms with Crippen LogP contribution in [0.25, 0.3) is 0 Å². The Balaban J connectivity index is 3.08. The number of alkyl halides is 3. The zero-order chi connectivity index (χ0) is 12.5. The average Bonchev–Trinajstić information content (AvgIpc) is 2.56. The van der Waals surface area contributed by atoms with Crippen molar-refractivity contribution < 1.29 is 4.79 Å². The Bertz CT molecular complexity index is 395. The molecule has 1 aromatic heterocycles. The van der Waals surface area contributed by atoms with Gasteiger partial charge in [0.15, 0.2) is 0 Å². The molecule has 2 N–H and O–H groups in total. The fraction of sp³-hybridized carbons (Fsp3) is 0.500. The first-order valence-corrected chi connectivity index (χ1v) is 5.94. The number of nitrogens with zero attached hydrogens (tertiary/aromatic N) is 1. The van der Waals surface area contributed by atoms with Crippen LogP contribution in [0.3, 0.4) is 0 Å². The van der Waals surface area contributed by atoms with Crippen molar-refractivity contribution >= 4 is 40.6 Å². The minimum absolute atomic E-state index is 0.108. The first-order chi connectivity index (χ1) is 7.27. The van der Waals surface area contributed by atoms with Gasteiger partial charge in [0, 0.05) is 19.3 Å². The summed E-state index contributed by atoms with van der Waals surface area (Å²) in [6.07, 6.45) is 2.56. The number of hydrogen-bond donors (Lipinski definition) is 1. The van der Waals surface area contributed by atoms with E-state index in [1.165, 1.54) is 0 Å². The van der Waals surface area contributed by atoms with Crippen LogP contribution in [0, 0.1) is 0 Å². The summed E-state index contributed by atoms with van der Waals surface area (Å²) >= 11 is 16.6. The zero-order valence-electron chi connectivity index (χ0n) is 9.01. The van der Waals surface area contributed by atoms with Crippen molar-refractivity contribution in [3.63, 3.8) is 0 Å². The molecule has 0 amide bonds. The molecule has 0 bridgehead atoms. The molecule has 1 atom stereocenters. The van der Waals surface area contributed by atoms with Crippen LogP contribution in [-0.4, -0.2) is 14.1 Å². The minimum Gasteiger partial charge on any atom is -0.348 e. The molecule has 0 aromatic carbocycles. The van der Waals surface area contributed by atoms with Gasteiger partial charge >= 0.3 is 0 Å². The second kappa shape index (κ2) is 4.96. The fourth-order valence-electron chi connectivity index (χ4n) is 1.40. The lowest BCUT2D eigenvalue weighted by Crippen LogP contribution is -2.21. The van der Waals surface area contributed by atoms with E-state index in [1.54, 1.807) is 23.9 Å². The van der Waals surface area contributed by atoms with E-state index >= 15 is 0 Å². The lowest BCUT2D eigenvalue weighted by molar-refractivity contribution is 0.0988. The number of hydrogen-bond acceptors (Lipinski definition) is 2. The van der Waals surface area contributed by atoms with Gasteiger partial charge in [-0.25, -0.2) is 0 Å². The summed E-state index contributed by atoms with van der Waals surface area (Å²) in [5.41, 5.74) is 7.07. The number of ketones is 1. The van der Waals surface area contributed by atoms with Crippen LogP contribution >= 0.6 is 34.8 Å². The van der Waals surface area contributed by atoms with Crippen LogP contribution in [0.1, 0.15) is 35.4 Å². The van der Waals surface area contributed by atoms with Gasteiger partial charge in [-0.3, -0.25) is 4.79 Å². The molecule has 0 fully saturated rings. The minimum atomic E-state index is -1.93. The number of rotatable bonds is 3. The van der Waals surface area contributed by atoms with Crippen molar-refractivity contribution in [3.05, 3.63) is 23.5 Å². The number of aromatic nitrogens is 1. The van der Waals surface area contributed by atoms with Gasteiger partial charge in [0.2, 0.25) is 5.78 Å². The highest BCUT2D eigenvalue weighted by atomic mass is 35.6.